The van der Waals surface area contributed by atoms with Gasteiger partial charge in [-0.2, -0.15) is 18.3 Å². The second-order valence-corrected chi connectivity index (χ2v) is 9.47. The molecule has 1 unspecified atom stereocenters. The van der Waals surface area contributed by atoms with Gasteiger partial charge >= 0.3 is 6.18 Å². The summed E-state index contributed by atoms with van der Waals surface area (Å²) in [7, 11) is 1.82. The number of anilines is 1. The Balaban J connectivity index is 1.66. The van der Waals surface area contributed by atoms with E-state index in [-0.39, 0.29) is 16.3 Å². The van der Waals surface area contributed by atoms with Crippen molar-refractivity contribution in [3.8, 4) is 11.3 Å². The number of alkyl halides is 3. The fourth-order valence-corrected chi connectivity index (χ4v) is 4.68. The molecule has 1 N–H and O–H groups in total. The first-order valence-corrected chi connectivity index (χ1v) is 11.8. The van der Waals surface area contributed by atoms with Crippen LogP contribution in [-0.2, 0) is 13.2 Å². The van der Waals surface area contributed by atoms with Crippen LogP contribution in [0.5, 0.6) is 0 Å². The first-order chi connectivity index (χ1) is 17.4. The van der Waals surface area contributed by atoms with Gasteiger partial charge < -0.3 is 9.73 Å². The SMILES string of the molecule is Cc1cc(C(C)Nc2ccc(Cl)nc2C(F)(F)F)c2oc(-c3ccc4nn(C)cc4c3)c(C)c(=O)c2c1. The maximum atomic E-state index is 13.6. The van der Waals surface area contributed by atoms with Crippen LogP contribution in [-0.4, -0.2) is 14.8 Å². The molecule has 0 amide bonds. The zero-order chi connectivity index (χ0) is 26.6. The van der Waals surface area contributed by atoms with Gasteiger partial charge in [0.2, 0.25) is 0 Å². The smallest absolute Gasteiger partial charge is 0.435 e. The summed E-state index contributed by atoms with van der Waals surface area (Å²) in [5.41, 5.74) is 2.01. The minimum atomic E-state index is -4.70. The summed E-state index contributed by atoms with van der Waals surface area (Å²) in [5, 5.41) is 8.25. The number of aromatic nitrogens is 3. The highest BCUT2D eigenvalue weighted by atomic mass is 35.5. The Bertz CT molecular complexity index is 1740. The van der Waals surface area contributed by atoms with Gasteiger partial charge in [0, 0.05) is 35.3 Å². The molecule has 5 rings (SSSR count). The van der Waals surface area contributed by atoms with Crippen LogP contribution in [0.25, 0.3) is 33.2 Å². The van der Waals surface area contributed by atoms with Crippen LogP contribution in [0.2, 0.25) is 5.15 Å². The van der Waals surface area contributed by atoms with Crippen LogP contribution in [0.4, 0.5) is 18.9 Å². The summed E-state index contributed by atoms with van der Waals surface area (Å²) < 4.78 is 48.9. The quantitative estimate of drug-likeness (QED) is 0.251. The summed E-state index contributed by atoms with van der Waals surface area (Å²) >= 11 is 5.73. The molecule has 0 saturated heterocycles. The number of pyridine rings is 1. The summed E-state index contributed by atoms with van der Waals surface area (Å²) in [5.74, 6) is 0.393. The predicted octanol–water partition coefficient (Wildman–Crippen LogP) is 7.20. The van der Waals surface area contributed by atoms with Gasteiger partial charge in [-0.15, -0.1) is 0 Å². The van der Waals surface area contributed by atoms with Gasteiger partial charge in [-0.25, -0.2) is 4.98 Å². The van der Waals surface area contributed by atoms with E-state index in [0.29, 0.717) is 33.4 Å². The van der Waals surface area contributed by atoms with Crippen molar-refractivity contribution in [2.45, 2.75) is 33.0 Å². The molecule has 3 heterocycles. The molecule has 1 atom stereocenters. The lowest BCUT2D eigenvalue weighted by atomic mass is 9.98. The summed E-state index contributed by atoms with van der Waals surface area (Å²) in [6.45, 7) is 5.22. The summed E-state index contributed by atoms with van der Waals surface area (Å²) in [6, 6.07) is 11.0. The molecule has 0 aliphatic carbocycles. The monoisotopic (exact) mass is 526 g/mol. The number of rotatable bonds is 4. The second kappa shape index (κ2) is 8.92. The number of halogens is 4. The van der Waals surface area contributed by atoms with Crippen molar-refractivity contribution in [2.75, 3.05) is 5.32 Å². The minimum Gasteiger partial charge on any atom is -0.455 e. The molecular weight excluding hydrogens is 505 g/mol. The Morgan fingerprint density at radius 1 is 1.11 bits per heavy atom. The van der Waals surface area contributed by atoms with Crippen LogP contribution in [0.1, 0.15) is 35.3 Å². The maximum Gasteiger partial charge on any atom is 0.435 e. The number of nitrogens with zero attached hydrogens (tertiary/aromatic N) is 3. The maximum absolute atomic E-state index is 13.6. The number of hydrogen-bond donors (Lipinski definition) is 1. The Labute approximate surface area is 214 Å². The lowest BCUT2D eigenvalue weighted by Crippen LogP contribution is -2.16. The van der Waals surface area contributed by atoms with E-state index in [0.717, 1.165) is 16.5 Å². The topological polar surface area (TPSA) is 73.0 Å². The van der Waals surface area contributed by atoms with Crippen molar-refractivity contribution < 1.29 is 17.6 Å². The molecule has 6 nitrogen and oxygen atoms in total. The third-order valence-electron chi connectivity index (χ3n) is 6.24. The molecule has 0 radical (unpaired) electrons. The molecule has 190 valence electrons. The standard InChI is InChI=1S/C27H22ClF3N4O2/c1-13-9-18(15(3)32-21-7-8-22(28)33-26(21)27(29,30)31)25-19(10-13)23(36)14(2)24(37-25)16-5-6-20-17(11-16)12-35(4)34-20/h5-12,15,32H,1-4H3. The number of nitrogens with one attached hydrogen (secondary N) is 1. The average Bonchev–Trinajstić information content (AvgIpc) is 3.20. The van der Waals surface area contributed by atoms with Crippen molar-refractivity contribution in [3.05, 3.63) is 86.4 Å². The van der Waals surface area contributed by atoms with E-state index in [9.17, 15) is 18.0 Å². The van der Waals surface area contributed by atoms with E-state index in [1.165, 1.54) is 12.1 Å². The average molecular weight is 527 g/mol. The lowest BCUT2D eigenvalue weighted by Gasteiger charge is -2.21. The predicted molar refractivity (Wildman–Crippen MR) is 138 cm³/mol. The summed E-state index contributed by atoms with van der Waals surface area (Å²) in [6.07, 6.45) is -2.84. The van der Waals surface area contributed by atoms with E-state index < -0.39 is 17.9 Å². The third-order valence-corrected chi connectivity index (χ3v) is 6.45. The Hall–Kier alpha value is -3.85. The molecule has 3 aromatic heterocycles. The van der Waals surface area contributed by atoms with E-state index in [1.807, 2.05) is 38.4 Å². The van der Waals surface area contributed by atoms with Gasteiger partial charge in [-0.3, -0.25) is 9.48 Å². The van der Waals surface area contributed by atoms with Gasteiger partial charge in [0.05, 0.1) is 22.6 Å². The summed E-state index contributed by atoms with van der Waals surface area (Å²) in [4.78, 5) is 16.9. The third kappa shape index (κ3) is 4.55. The van der Waals surface area contributed by atoms with E-state index in [2.05, 4.69) is 15.4 Å². The van der Waals surface area contributed by atoms with Gasteiger partial charge in [0.25, 0.3) is 0 Å². The molecule has 5 aromatic rings. The molecular formula is C27H22ClF3N4O2. The highest BCUT2D eigenvalue weighted by Crippen LogP contribution is 2.37. The van der Waals surface area contributed by atoms with Crippen molar-refractivity contribution in [3.63, 3.8) is 0 Å². The molecule has 0 fully saturated rings. The number of fused-ring (bicyclic) bond motifs is 2. The fourth-order valence-electron chi connectivity index (χ4n) is 4.53. The Kier molecular flexibility index (Phi) is 5.98. The highest BCUT2D eigenvalue weighted by molar-refractivity contribution is 6.29. The molecule has 0 saturated carbocycles. The van der Waals surface area contributed by atoms with Gasteiger partial charge in [0.15, 0.2) is 11.1 Å². The zero-order valence-corrected chi connectivity index (χ0v) is 21.1. The number of aryl methyl sites for hydroxylation is 2. The fraction of sp³-hybridized carbons (Fsp3) is 0.222. The minimum absolute atomic E-state index is 0.205. The van der Waals surface area contributed by atoms with Crippen LogP contribution >= 0.6 is 11.6 Å². The van der Waals surface area contributed by atoms with Crippen LogP contribution in [0, 0.1) is 13.8 Å². The van der Waals surface area contributed by atoms with Crippen molar-refractivity contribution in [2.24, 2.45) is 7.05 Å². The van der Waals surface area contributed by atoms with Crippen LogP contribution in [0.15, 0.2) is 57.9 Å². The first kappa shape index (κ1) is 24.8. The number of hydrogen-bond acceptors (Lipinski definition) is 5. The van der Waals surface area contributed by atoms with Gasteiger partial charge in [-0.05, 0) is 62.7 Å². The lowest BCUT2D eigenvalue weighted by molar-refractivity contribution is -0.140. The van der Waals surface area contributed by atoms with Crippen molar-refractivity contribution in [1.29, 1.82) is 0 Å². The van der Waals surface area contributed by atoms with E-state index >= 15 is 0 Å². The molecule has 0 aliphatic heterocycles. The molecule has 0 spiro atoms. The molecule has 2 aromatic carbocycles. The highest BCUT2D eigenvalue weighted by Gasteiger charge is 2.36. The van der Waals surface area contributed by atoms with Gasteiger partial charge in [-0.1, -0.05) is 17.7 Å². The molecule has 10 heteroatoms. The number of benzene rings is 2. The van der Waals surface area contributed by atoms with E-state index in [1.54, 1.807) is 30.7 Å². The first-order valence-electron chi connectivity index (χ1n) is 11.4. The molecule has 0 aliphatic rings. The largest absolute Gasteiger partial charge is 0.455 e. The van der Waals surface area contributed by atoms with Crippen molar-refractivity contribution in [1.82, 2.24) is 14.8 Å². The van der Waals surface area contributed by atoms with E-state index in [4.69, 9.17) is 16.0 Å². The second-order valence-electron chi connectivity index (χ2n) is 9.09. The van der Waals surface area contributed by atoms with Crippen molar-refractivity contribution >= 4 is 39.2 Å². The Morgan fingerprint density at radius 3 is 2.59 bits per heavy atom. The zero-order valence-electron chi connectivity index (χ0n) is 20.4. The molecule has 37 heavy (non-hydrogen) atoms. The van der Waals surface area contributed by atoms with Gasteiger partial charge in [0.1, 0.15) is 16.5 Å². The molecule has 0 bridgehead atoms. The van der Waals surface area contributed by atoms with Crippen LogP contribution in [0.3, 0.4) is 0 Å². The normalized spacial score (nSPS) is 12.9. The Morgan fingerprint density at radius 2 is 1.86 bits per heavy atom. The van der Waals surface area contributed by atoms with Crippen LogP contribution < -0.4 is 10.7 Å².